The molecular weight excluding hydrogens is 757 g/mol. The van der Waals surface area contributed by atoms with Gasteiger partial charge in [-0.05, 0) is 75.3 Å². The van der Waals surface area contributed by atoms with Crippen LogP contribution in [0.1, 0.15) is 22.9 Å². The lowest BCUT2D eigenvalue weighted by molar-refractivity contribution is 0.664. The topological polar surface area (TPSA) is 54.8 Å². The highest BCUT2D eigenvalue weighted by atomic mass is 16.3. The monoisotopic (exact) mass is 794 g/mol. The molecule has 2 aromatic heterocycles. The van der Waals surface area contributed by atoms with E-state index in [2.05, 4.69) is 216 Å². The van der Waals surface area contributed by atoms with E-state index in [1.807, 2.05) is 12.1 Å². The van der Waals surface area contributed by atoms with E-state index in [0.717, 1.165) is 72.3 Å². The molecule has 0 spiro atoms. The van der Waals surface area contributed by atoms with Gasteiger partial charge in [-0.15, -0.1) is 0 Å². The van der Waals surface area contributed by atoms with E-state index in [9.17, 15) is 0 Å². The summed E-state index contributed by atoms with van der Waals surface area (Å²) < 4.78 is 9.27. The lowest BCUT2D eigenvalue weighted by Crippen LogP contribution is -2.33. The smallest absolute Gasteiger partial charge is 0.159 e. The number of furan rings is 1. The lowest BCUT2D eigenvalue weighted by atomic mass is 10.0. The fourth-order valence-electron chi connectivity index (χ4n) is 8.98. The predicted molar refractivity (Wildman–Crippen MR) is 256 cm³/mol. The van der Waals surface area contributed by atoms with Crippen molar-refractivity contribution in [2.45, 2.75) is 6.17 Å². The first-order valence-electron chi connectivity index (χ1n) is 21.0. The normalized spacial score (nSPS) is 14.0. The molecule has 5 heteroatoms. The molecule has 9 aromatic carbocycles. The Morgan fingerprint density at radius 1 is 0.403 bits per heavy atom. The largest absolute Gasteiger partial charge is 0.454 e. The summed E-state index contributed by atoms with van der Waals surface area (Å²) in [6.45, 7) is 0. The molecule has 1 atom stereocenters. The second-order valence-electron chi connectivity index (χ2n) is 15.8. The number of amidine groups is 2. The fraction of sp³-hybridized carbons (Fsp3) is 0.0175. The van der Waals surface area contributed by atoms with Crippen molar-refractivity contribution in [1.82, 2.24) is 9.88 Å². The molecule has 0 saturated heterocycles. The van der Waals surface area contributed by atoms with Crippen LogP contribution >= 0.6 is 0 Å². The number of hydrogen-bond acceptors (Lipinski definition) is 4. The molecule has 1 N–H and O–H groups in total. The number of nitrogens with one attached hydrogen (secondary N) is 1. The molecule has 0 bridgehead atoms. The minimum Gasteiger partial charge on any atom is -0.454 e. The number of benzene rings is 9. The van der Waals surface area contributed by atoms with Crippen LogP contribution in [0.3, 0.4) is 0 Å². The van der Waals surface area contributed by atoms with Crippen molar-refractivity contribution < 1.29 is 4.42 Å². The summed E-state index contributed by atoms with van der Waals surface area (Å²) in [7, 11) is 0. The third-order valence-corrected chi connectivity index (χ3v) is 12.1. The van der Waals surface area contributed by atoms with E-state index in [4.69, 9.17) is 14.4 Å². The zero-order valence-electron chi connectivity index (χ0n) is 33.6. The van der Waals surface area contributed by atoms with E-state index < -0.39 is 0 Å². The van der Waals surface area contributed by atoms with Gasteiger partial charge in [0, 0.05) is 32.7 Å². The molecular formula is C57H38N4O. The molecule has 0 saturated carbocycles. The SMILES string of the molecule is c1ccc(-c2ccc(C3=NC(c4ccc(-c5ccccc5)cc4)NC(c4ccc5c(c4)oc4c(-n6c7ccccc7c7cc(-c8ccccc8)ccc76)cccc45)=N3)cc2)cc1. The van der Waals surface area contributed by atoms with Crippen molar-refractivity contribution >= 4 is 55.4 Å². The Labute approximate surface area is 358 Å². The van der Waals surface area contributed by atoms with Gasteiger partial charge in [-0.25, -0.2) is 9.98 Å². The molecule has 1 aliphatic rings. The summed E-state index contributed by atoms with van der Waals surface area (Å²) in [5.74, 6) is 1.41. The second-order valence-corrected chi connectivity index (χ2v) is 15.8. The van der Waals surface area contributed by atoms with Gasteiger partial charge < -0.3 is 14.3 Å². The predicted octanol–water partition coefficient (Wildman–Crippen LogP) is 14.2. The quantitative estimate of drug-likeness (QED) is 0.175. The zero-order valence-corrected chi connectivity index (χ0v) is 33.6. The Morgan fingerprint density at radius 3 is 1.66 bits per heavy atom. The maximum Gasteiger partial charge on any atom is 0.159 e. The Balaban J connectivity index is 0.955. The molecule has 0 fully saturated rings. The van der Waals surface area contributed by atoms with Gasteiger partial charge in [0.05, 0.1) is 16.7 Å². The number of hydrogen-bond donors (Lipinski definition) is 1. The van der Waals surface area contributed by atoms with E-state index in [1.165, 1.54) is 33.0 Å². The highest BCUT2D eigenvalue weighted by Crippen LogP contribution is 2.40. The Kier molecular flexibility index (Phi) is 8.49. The molecule has 0 aliphatic carbocycles. The van der Waals surface area contributed by atoms with Crippen molar-refractivity contribution in [2.75, 3.05) is 0 Å². The maximum atomic E-state index is 6.93. The summed E-state index contributed by atoms with van der Waals surface area (Å²) in [6.07, 6.45) is -0.355. The molecule has 1 unspecified atom stereocenters. The summed E-state index contributed by atoms with van der Waals surface area (Å²) >= 11 is 0. The van der Waals surface area contributed by atoms with Crippen molar-refractivity contribution in [3.63, 3.8) is 0 Å². The van der Waals surface area contributed by atoms with Crippen molar-refractivity contribution in [2.24, 2.45) is 9.98 Å². The summed E-state index contributed by atoms with van der Waals surface area (Å²) in [4.78, 5) is 10.4. The maximum absolute atomic E-state index is 6.93. The van der Waals surface area contributed by atoms with Gasteiger partial charge in [-0.3, -0.25) is 0 Å². The minimum absolute atomic E-state index is 0.355. The third-order valence-electron chi connectivity index (χ3n) is 12.1. The van der Waals surface area contributed by atoms with Crippen molar-refractivity contribution in [1.29, 1.82) is 0 Å². The number of para-hydroxylation sites is 2. The first kappa shape index (κ1) is 35.6. The Morgan fingerprint density at radius 2 is 0.952 bits per heavy atom. The number of fused-ring (bicyclic) bond motifs is 6. The van der Waals surface area contributed by atoms with Gasteiger partial charge in [-0.2, -0.15) is 0 Å². The van der Waals surface area contributed by atoms with Crippen LogP contribution in [0, 0.1) is 0 Å². The lowest BCUT2D eigenvalue weighted by Gasteiger charge is -2.24. The van der Waals surface area contributed by atoms with Gasteiger partial charge in [0.15, 0.2) is 11.4 Å². The second kappa shape index (κ2) is 14.8. The van der Waals surface area contributed by atoms with Crippen molar-refractivity contribution in [3.05, 3.63) is 235 Å². The Hall–Kier alpha value is -8.28. The van der Waals surface area contributed by atoms with Gasteiger partial charge in [0.1, 0.15) is 17.6 Å². The van der Waals surface area contributed by atoms with Gasteiger partial charge >= 0.3 is 0 Å². The molecule has 5 nitrogen and oxygen atoms in total. The number of aromatic nitrogens is 1. The summed E-state index contributed by atoms with van der Waals surface area (Å²) in [5.41, 5.74) is 14.9. The van der Waals surface area contributed by atoms with E-state index in [0.29, 0.717) is 5.84 Å². The van der Waals surface area contributed by atoms with Crippen molar-refractivity contribution in [3.8, 4) is 39.1 Å². The van der Waals surface area contributed by atoms with Gasteiger partial charge in [0.25, 0.3) is 0 Å². The van der Waals surface area contributed by atoms with Crippen LogP contribution in [0.2, 0.25) is 0 Å². The molecule has 292 valence electrons. The van der Waals surface area contributed by atoms with Crippen LogP contribution in [0.15, 0.2) is 233 Å². The average Bonchev–Trinajstić information content (AvgIpc) is 3.90. The van der Waals surface area contributed by atoms with E-state index >= 15 is 0 Å². The first-order chi connectivity index (χ1) is 30.7. The molecule has 3 heterocycles. The number of aliphatic imine (C=N–C) groups is 2. The molecule has 1 aliphatic heterocycles. The van der Waals surface area contributed by atoms with Crippen LogP contribution in [-0.2, 0) is 0 Å². The standard InChI is InChI=1S/C57H38N4O/c1-4-13-37(14-5-1)40-23-27-42(28-24-40)55-58-56(43-29-25-41(26-30-43)38-15-6-2-7-16-38)60-57(59-55)45-31-33-47-48-20-12-22-52(54(48)62-53(47)36-45)61-50-21-11-10-19-46(50)49-35-44(32-34-51(49)61)39-17-8-3-9-18-39/h1-36,55H,(H,58,59,60). The molecule has 0 radical (unpaired) electrons. The first-order valence-corrected chi connectivity index (χ1v) is 21.0. The fourth-order valence-corrected chi connectivity index (χ4v) is 8.98. The Bertz CT molecular complexity index is 3510. The van der Waals surface area contributed by atoms with Crippen LogP contribution in [-0.4, -0.2) is 16.2 Å². The van der Waals surface area contributed by atoms with Gasteiger partial charge in [0.2, 0.25) is 0 Å². The zero-order chi connectivity index (χ0) is 41.0. The highest BCUT2D eigenvalue weighted by Gasteiger charge is 2.23. The summed E-state index contributed by atoms with van der Waals surface area (Å²) in [5, 5.41) is 8.20. The number of nitrogens with zero attached hydrogens (tertiary/aromatic N) is 3. The van der Waals surface area contributed by atoms with Crippen LogP contribution < -0.4 is 5.32 Å². The third kappa shape index (κ3) is 6.18. The van der Waals surface area contributed by atoms with Gasteiger partial charge in [-0.1, -0.05) is 182 Å². The van der Waals surface area contributed by atoms with E-state index in [1.54, 1.807) is 0 Å². The molecule has 62 heavy (non-hydrogen) atoms. The minimum atomic E-state index is -0.355. The molecule has 11 aromatic rings. The number of rotatable bonds is 7. The average molecular weight is 795 g/mol. The van der Waals surface area contributed by atoms with Crippen LogP contribution in [0.25, 0.3) is 82.8 Å². The molecule has 12 rings (SSSR count). The van der Waals surface area contributed by atoms with E-state index in [-0.39, 0.29) is 6.17 Å². The summed E-state index contributed by atoms with van der Waals surface area (Å²) in [6, 6.07) is 76.9. The molecule has 0 amide bonds. The highest BCUT2D eigenvalue weighted by molar-refractivity contribution is 6.16. The van der Waals surface area contributed by atoms with Crippen LogP contribution in [0.4, 0.5) is 0 Å². The van der Waals surface area contributed by atoms with Crippen LogP contribution in [0.5, 0.6) is 0 Å².